The number of pyridine rings is 1. The highest BCUT2D eigenvalue weighted by molar-refractivity contribution is 5.93. The molecule has 19 heavy (non-hydrogen) atoms. The van der Waals surface area contributed by atoms with Crippen molar-refractivity contribution in [1.29, 1.82) is 0 Å². The van der Waals surface area contributed by atoms with Gasteiger partial charge in [-0.05, 0) is 32.4 Å². The molecule has 0 unspecified atom stereocenters. The fourth-order valence-corrected chi connectivity index (χ4v) is 2.30. The second-order valence-corrected chi connectivity index (χ2v) is 5.30. The maximum absolute atomic E-state index is 11.4. The third-order valence-corrected chi connectivity index (χ3v) is 3.06. The SMILES string of the molecule is CCCC(C)(C)Nc1nc2ccccn2c1C(=O)O. The molecule has 0 saturated heterocycles. The van der Waals surface area contributed by atoms with Crippen molar-refractivity contribution in [3.63, 3.8) is 0 Å². The minimum atomic E-state index is -0.978. The number of carbonyl (C=O) groups is 1. The van der Waals surface area contributed by atoms with Gasteiger partial charge in [0.15, 0.2) is 11.5 Å². The molecule has 0 fully saturated rings. The van der Waals surface area contributed by atoms with Gasteiger partial charge in [-0.25, -0.2) is 9.78 Å². The minimum absolute atomic E-state index is 0.180. The molecule has 2 aromatic rings. The Hall–Kier alpha value is -2.04. The van der Waals surface area contributed by atoms with Crippen LogP contribution in [0.5, 0.6) is 0 Å². The molecule has 0 bridgehead atoms. The van der Waals surface area contributed by atoms with Crippen molar-refractivity contribution < 1.29 is 9.90 Å². The Morgan fingerprint density at radius 1 is 1.47 bits per heavy atom. The number of imidazole rings is 1. The van der Waals surface area contributed by atoms with Gasteiger partial charge in [0.25, 0.3) is 0 Å². The molecular formula is C14H19N3O2. The molecule has 0 radical (unpaired) electrons. The number of carboxylic acids is 1. The summed E-state index contributed by atoms with van der Waals surface area (Å²) in [6.45, 7) is 6.20. The number of hydrogen-bond acceptors (Lipinski definition) is 3. The first kappa shape index (κ1) is 13.4. The molecule has 0 aromatic carbocycles. The maximum atomic E-state index is 11.4. The van der Waals surface area contributed by atoms with E-state index in [9.17, 15) is 9.90 Å². The van der Waals surface area contributed by atoms with Gasteiger partial charge in [-0.1, -0.05) is 19.4 Å². The number of hydrogen-bond donors (Lipinski definition) is 2. The highest BCUT2D eigenvalue weighted by Crippen LogP contribution is 2.23. The number of aromatic carboxylic acids is 1. The number of carboxylic acid groups (broad SMARTS) is 1. The zero-order chi connectivity index (χ0) is 14.0. The number of nitrogens with one attached hydrogen (secondary N) is 1. The molecule has 0 saturated carbocycles. The van der Waals surface area contributed by atoms with Crippen LogP contribution >= 0.6 is 0 Å². The summed E-state index contributed by atoms with van der Waals surface area (Å²) in [5.41, 5.74) is 0.631. The molecule has 2 heterocycles. The van der Waals surface area contributed by atoms with Crippen LogP contribution in [0.4, 0.5) is 5.82 Å². The summed E-state index contributed by atoms with van der Waals surface area (Å²) in [4.78, 5) is 15.8. The first-order valence-electron chi connectivity index (χ1n) is 6.43. The predicted molar refractivity (Wildman–Crippen MR) is 74.8 cm³/mol. The summed E-state index contributed by atoms with van der Waals surface area (Å²) in [6, 6.07) is 5.43. The molecule has 0 spiro atoms. The van der Waals surface area contributed by atoms with E-state index >= 15 is 0 Å². The Morgan fingerprint density at radius 3 is 2.84 bits per heavy atom. The van der Waals surface area contributed by atoms with Gasteiger partial charge >= 0.3 is 5.97 Å². The Kier molecular flexibility index (Phi) is 3.46. The van der Waals surface area contributed by atoms with E-state index in [-0.39, 0.29) is 11.2 Å². The van der Waals surface area contributed by atoms with Gasteiger partial charge < -0.3 is 10.4 Å². The summed E-state index contributed by atoms with van der Waals surface area (Å²) in [6.07, 6.45) is 3.68. The molecular weight excluding hydrogens is 242 g/mol. The topological polar surface area (TPSA) is 66.6 Å². The monoisotopic (exact) mass is 261 g/mol. The van der Waals surface area contributed by atoms with Gasteiger partial charge in [0.1, 0.15) is 5.65 Å². The van der Waals surface area contributed by atoms with E-state index in [1.807, 2.05) is 19.9 Å². The zero-order valence-electron chi connectivity index (χ0n) is 11.5. The van der Waals surface area contributed by atoms with Gasteiger partial charge in [0, 0.05) is 11.7 Å². The lowest BCUT2D eigenvalue weighted by atomic mass is 9.99. The Bertz CT molecular complexity index is 602. The number of anilines is 1. The first-order valence-corrected chi connectivity index (χ1v) is 6.43. The standard InChI is InChI=1S/C14H19N3O2/c1-4-8-14(2,3)16-12-11(13(18)19)17-9-6-5-7-10(17)15-12/h5-7,9,16H,4,8H2,1-3H3,(H,18,19). The summed E-state index contributed by atoms with van der Waals surface area (Å²) in [7, 11) is 0. The molecule has 2 aromatic heterocycles. The van der Waals surface area contributed by atoms with Crippen LogP contribution < -0.4 is 5.32 Å². The summed E-state index contributed by atoms with van der Waals surface area (Å²) < 4.78 is 1.59. The molecule has 102 valence electrons. The molecule has 0 aliphatic heterocycles. The van der Waals surface area contributed by atoms with Crippen molar-refractivity contribution >= 4 is 17.4 Å². The van der Waals surface area contributed by atoms with E-state index in [1.165, 1.54) is 0 Å². The largest absolute Gasteiger partial charge is 0.476 e. The van der Waals surface area contributed by atoms with E-state index in [1.54, 1.807) is 22.7 Å². The van der Waals surface area contributed by atoms with Gasteiger partial charge in [-0.3, -0.25) is 4.40 Å². The first-order chi connectivity index (χ1) is 8.94. The number of fused-ring (bicyclic) bond motifs is 1. The quantitative estimate of drug-likeness (QED) is 0.868. The van der Waals surface area contributed by atoms with Crippen molar-refractivity contribution in [1.82, 2.24) is 9.38 Å². The minimum Gasteiger partial charge on any atom is -0.476 e. The van der Waals surface area contributed by atoms with Crippen LogP contribution in [0.15, 0.2) is 24.4 Å². The fraction of sp³-hybridized carbons (Fsp3) is 0.429. The third-order valence-electron chi connectivity index (χ3n) is 3.06. The Labute approximate surface area is 112 Å². The van der Waals surface area contributed by atoms with E-state index in [0.717, 1.165) is 12.8 Å². The number of aromatic nitrogens is 2. The zero-order valence-corrected chi connectivity index (χ0v) is 11.5. The summed E-state index contributed by atoms with van der Waals surface area (Å²) in [5.74, 6) is -0.550. The van der Waals surface area contributed by atoms with Crippen LogP contribution in [-0.4, -0.2) is 26.0 Å². The lowest BCUT2D eigenvalue weighted by molar-refractivity contribution is 0.0690. The van der Waals surface area contributed by atoms with Crippen LogP contribution in [0.2, 0.25) is 0 Å². The second kappa shape index (κ2) is 4.91. The van der Waals surface area contributed by atoms with Crippen molar-refractivity contribution in [3.05, 3.63) is 30.1 Å². The summed E-state index contributed by atoms with van der Waals surface area (Å²) >= 11 is 0. The van der Waals surface area contributed by atoms with E-state index < -0.39 is 5.97 Å². The van der Waals surface area contributed by atoms with Gasteiger partial charge in [0.05, 0.1) is 0 Å². The van der Waals surface area contributed by atoms with Crippen molar-refractivity contribution in [2.24, 2.45) is 0 Å². The lowest BCUT2D eigenvalue weighted by Gasteiger charge is -2.25. The second-order valence-electron chi connectivity index (χ2n) is 5.30. The van der Waals surface area contributed by atoms with E-state index in [0.29, 0.717) is 11.5 Å². The smallest absolute Gasteiger partial charge is 0.356 e. The predicted octanol–water partition coefficient (Wildman–Crippen LogP) is 3.02. The van der Waals surface area contributed by atoms with Crippen LogP contribution in [-0.2, 0) is 0 Å². The van der Waals surface area contributed by atoms with Crippen molar-refractivity contribution in [2.45, 2.75) is 39.2 Å². The van der Waals surface area contributed by atoms with Gasteiger partial charge in [-0.15, -0.1) is 0 Å². The maximum Gasteiger partial charge on any atom is 0.356 e. The highest BCUT2D eigenvalue weighted by atomic mass is 16.4. The molecule has 0 atom stereocenters. The number of nitrogens with zero attached hydrogens (tertiary/aromatic N) is 2. The normalized spacial score (nSPS) is 11.7. The molecule has 0 aliphatic carbocycles. The Morgan fingerprint density at radius 2 is 2.21 bits per heavy atom. The third kappa shape index (κ3) is 2.70. The molecule has 0 aliphatic rings. The van der Waals surface area contributed by atoms with Gasteiger partial charge in [-0.2, -0.15) is 0 Å². The van der Waals surface area contributed by atoms with E-state index in [2.05, 4.69) is 17.2 Å². The van der Waals surface area contributed by atoms with Gasteiger partial charge in [0.2, 0.25) is 0 Å². The molecule has 5 heteroatoms. The molecule has 0 amide bonds. The van der Waals surface area contributed by atoms with Crippen molar-refractivity contribution in [2.75, 3.05) is 5.32 Å². The highest BCUT2D eigenvalue weighted by Gasteiger charge is 2.24. The summed E-state index contributed by atoms with van der Waals surface area (Å²) in [5, 5.41) is 12.6. The molecule has 2 N–H and O–H groups in total. The average molecular weight is 261 g/mol. The van der Waals surface area contributed by atoms with E-state index in [4.69, 9.17) is 0 Å². The van der Waals surface area contributed by atoms with Crippen LogP contribution in [0.1, 0.15) is 44.1 Å². The van der Waals surface area contributed by atoms with Crippen LogP contribution in [0, 0.1) is 0 Å². The average Bonchev–Trinajstić information content (AvgIpc) is 2.65. The van der Waals surface area contributed by atoms with Crippen molar-refractivity contribution in [3.8, 4) is 0 Å². The van der Waals surface area contributed by atoms with Crippen LogP contribution in [0.25, 0.3) is 5.65 Å². The molecule has 2 rings (SSSR count). The Balaban J connectivity index is 2.48. The molecule has 5 nitrogen and oxygen atoms in total. The van der Waals surface area contributed by atoms with Crippen LogP contribution in [0.3, 0.4) is 0 Å². The lowest BCUT2D eigenvalue weighted by Crippen LogP contribution is -2.31. The fourth-order valence-electron chi connectivity index (χ4n) is 2.30. The number of rotatable bonds is 5.